The molecule has 3 rings (SSSR count). The lowest BCUT2D eigenvalue weighted by Crippen LogP contribution is -2.02. The molecule has 0 bridgehead atoms. The summed E-state index contributed by atoms with van der Waals surface area (Å²) in [6.45, 7) is 0.689. The topological polar surface area (TPSA) is 71.4 Å². The number of hydrogen-bond donors (Lipinski definition) is 2. The van der Waals surface area contributed by atoms with Gasteiger partial charge in [-0.25, -0.2) is 0 Å². The van der Waals surface area contributed by atoms with E-state index in [1.54, 1.807) is 12.5 Å². The second-order valence-electron chi connectivity index (χ2n) is 4.25. The van der Waals surface area contributed by atoms with Crippen LogP contribution in [0, 0.1) is 0 Å². The quantitative estimate of drug-likeness (QED) is 0.745. The number of benzene rings is 1. The van der Waals surface area contributed by atoms with Crippen LogP contribution in [0.15, 0.2) is 42.9 Å². The number of nitrogens with zero attached hydrogens (tertiary/aromatic N) is 4. The summed E-state index contributed by atoms with van der Waals surface area (Å²) in [5.41, 5.74) is 3.09. The van der Waals surface area contributed by atoms with Crippen LogP contribution in [-0.2, 0) is 13.6 Å². The van der Waals surface area contributed by atoms with Gasteiger partial charge in [-0.05, 0) is 18.2 Å². The van der Waals surface area contributed by atoms with E-state index in [4.69, 9.17) is 0 Å². The van der Waals surface area contributed by atoms with Crippen LogP contribution in [0.1, 0.15) is 5.69 Å². The normalized spacial score (nSPS) is 10.6. The van der Waals surface area contributed by atoms with Crippen LogP contribution >= 0.6 is 0 Å². The average Bonchev–Trinajstić information content (AvgIpc) is 3.08. The van der Waals surface area contributed by atoms with E-state index in [2.05, 4.69) is 25.7 Å². The van der Waals surface area contributed by atoms with Crippen molar-refractivity contribution in [1.82, 2.24) is 25.0 Å². The largest absolute Gasteiger partial charge is 0.379 e. The van der Waals surface area contributed by atoms with E-state index in [9.17, 15) is 0 Å². The number of H-pyrrole nitrogens is 1. The van der Waals surface area contributed by atoms with Crippen molar-refractivity contribution in [3.8, 4) is 11.4 Å². The molecule has 0 aliphatic rings. The van der Waals surface area contributed by atoms with Gasteiger partial charge >= 0.3 is 0 Å². The molecule has 0 radical (unpaired) electrons. The lowest BCUT2D eigenvalue weighted by Gasteiger charge is -2.10. The van der Waals surface area contributed by atoms with Crippen molar-refractivity contribution < 1.29 is 0 Å². The molecule has 2 N–H and O–H groups in total. The SMILES string of the molecule is Cn1cnnc1-c1ccccc1NCc1ccn[nH]1. The van der Waals surface area contributed by atoms with E-state index in [1.807, 2.05) is 41.9 Å². The average molecular weight is 254 g/mol. The second-order valence-corrected chi connectivity index (χ2v) is 4.25. The Morgan fingerprint density at radius 1 is 1.26 bits per heavy atom. The lowest BCUT2D eigenvalue weighted by atomic mass is 10.1. The molecule has 3 aromatic rings. The Hall–Kier alpha value is -2.63. The van der Waals surface area contributed by atoms with Crippen LogP contribution in [0.4, 0.5) is 5.69 Å². The highest BCUT2D eigenvalue weighted by Crippen LogP contribution is 2.25. The molecule has 19 heavy (non-hydrogen) atoms. The number of rotatable bonds is 4. The number of para-hydroxylation sites is 1. The van der Waals surface area contributed by atoms with Crippen molar-refractivity contribution in [2.45, 2.75) is 6.54 Å². The lowest BCUT2D eigenvalue weighted by molar-refractivity contribution is 0.919. The van der Waals surface area contributed by atoms with E-state index < -0.39 is 0 Å². The van der Waals surface area contributed by atoms with E-state index in [1.165, 1.54) is 0 Å². The Kier molecular flexibility index (Phi) is 2.97. The number of aryl methyl sites for hydroxylation is 1. The summed E-state index contributed by atoms with van der Waals surface area (Å²) in [5, 5.41) is 18.3. The first kappa shape index (κ1) is 11.5. The number of hydrogen-bond acceptors (Lipinski definition) is 4. The number of nitrogens with one attached hydrogen (secondary N) is 2. The molecule has 0 saturated heterocycles. The third kappa shape index (κ3) is 2.33. The Labute approximate surface area is 110 Å². The fourth-order valence-corrected chi connectivity index (χ4v) is 1.93. The molecular weight excluding hydrogens is 240 g/mol. The van der Waals surface area contributed by atoms with Gasteiger partial charge in [0.25, 0.3) is 0 Å². The molecule has 0 saturated carbocycles. The monoisotopic (exact) mass is 254 g/mol. The second kappa shape index (κ2) is 4.93. The van der Waals surface area contributed by atoms with Crippen LogP contribution in [0.3, 0.4) is 0 Å². The molecule has 2 heterocycles. The predicted molar refractivity (Wildman–Crippen MR) is 72.4 cm³/mol. The van der Waals surface area contributed by atoms with Crippen molar-refractivity contribution in [3.05, 3.63) is 48.5 Å². The van der Waals surface area contributed by atoms with Gasteiger partial charge in [-0.3, -0.25) is 5.10 Å². The maximum absolute atomic E-state index is 4.14. The van der Waals surface area contributed by atoms with Crippen LogP contribution < -0.4 is 5.32 Å². The summed E-state index contributed by atoms with van der Waals surface area (Å²) in [6, 6.07) is 9.98. The molecule has 0 fully saturated rings. The maximum Gasteiger partial charge on any atom is 0.165 e. The van der Waals surface area contributed by atoms with E-state index in [0.29, 0.717) is 6.54 Å². The van der Waals surface area contributed by atoms with Gasteiger partial charge in [-0.15, -0.1) is 10.2 Å². The first-order valence-corrected chi connectivity index (χ1v) is 6.00. The fourth-order valence-electron chi connectivity index (χ4n) is 1.93. The first-order chi connectivity index (χ1) is 9.34. The minimum atomic E-state index is 0.689. The minimum Gasteiger partial charge on any atom is -0.379 e. The molecule has 0 aliphatic heterocycles. The summed E-state index contributed by atoms with van der Waals surface area (Å²) in [4.78, 5) is 0. The Morgan fingerprint density at radius 3 is 2.89 bits per heavy atom. The van der Waals surface area contributed by atoms with E-state index in [0.717, 1.165) is 22.8 Å². The molecule has 0 spiro atoms. The number of aromatic nitrogens is 5. The van der Waals surface area contributed by atoms with Crippen LogP contribution in [0.25, 0.3) is 11.4 Å². The Bertz CT molecular complexity index is 655. The van der Waals surface area contributed by atoms with Gasteiger partial charge < -0.3 is 9.88 Å². The third-order valence-electron chi connectivity index (χ3n) is 2.91. The van der Waals surface area contributed by atoms with Gasteiger partial charge in [0, 0.05) is 24.5 Å². The van der Waals surface area contributed by atoms with Crippen molar-refractivity contribution in [2.24, 2.45) is 7.05 Å². The van der Waals surface area contributed by atoms with Gasteiger partial charge in [0.1, 0.15) is 6.33 Å². The highest BCUT2D eigenvalue weighted by molar-refractivity contribution is 5.73. The molecule has 96 valence electrons. The molecule has 1 aromatic carbocycles. The third-order valence-corrected chi connectivity index (χ3v) is 2.91. The summed E-state index contributed by atoms with van der Waals surface area (Å²) in [5.74, 6) is 0.840. The minimum absolute atomic E-state index is 0.689. The summed E-state index contributed by atoms with van der Waals surface area (Å²) in [6.07, 6.45) is 3.44. The Morgan fingerprint density at radius 2 is 2.16 bits per heavy atom. The van der Waals surface area contributed by atoms with Crippen LogP contribution in [-0.4, -0.2) is 25.0 Å². The Balaban J connectivity index is 1.88. The highest BCUT2D eigenvalue weighted by atomic mass is 15.2. The highest BCUT2D eigenvalue weighted by Gasteiger charge is 2.09. The molecule has 6 nitrogen and oxygen atoms in total. The molecule has 0 atom stereocenters. The molecule has 0 amide bonds. The molecule has 0 unspecified atom stereocenters. The fraction of sp³-hybridized carbons (Fsp3) is 0.154. The van der Waals surface area contributed by atoms with Crippen molar-refractivity contribution in [1.29, 1.82) is 0 Å². The van der Waals surface area contributed by atoms with E-state index >= 15 is 0 Å². The smallest absolute Gasteiger partial charge is 0.165 e. The summed E-state index contributed by atoms with van der Waals surface area (Å²) in [7, 11) is 1.93. The van der Waals surface area contributed by atoms with Crippen LogP contribution in [0.2, 0.25) is 0 Å². The van der Waals surface area contributed by atoms with E-state index in [-0.39, 0.29) is 0 Å². The zero-order valence-corrected chi connectivity index (χ0v) is 10.5. The number of aromatic amines is 1. The van der Waals surface area contributed by atoms with Gasteiger partial charge in [-0.2, -0.15) is 5.10 Å². The molecule has 6 heteroatoms. The zero-order valence-electron chi connectivity index (χ0n) is 10.5. The summed E-state index contributed by atoms with van der Waals surface area (Å²) >= 11 is 0. The molecular formula is C13H14N6. The van der Waals surface area contributed by atoms with Gasteiger partial charge in [0.05, 0.1) is 12.2 Å². The van der Waals surface area contributed by atoms with Gasteiger partial charge in [-0.1, -0.05) is 12.1 Å². The zero-order chi connectivity index (χ0) is 13.1. The number of anilines is 1. The predicted octanol–water partition coefficient (Wildman–Crippen LogP) is 1.82. The molecule has 0 aliphatic carbocycles. The van der Waals surface area contributed by atoms with Gasteiger partial charge in [0.15, 0.2) is 5.82 Å². The molecule has 2 aromatic heterocycles. The summed E-state index contributed by atoms with van der Waals surface area (Å²) < 4.78 is 1.90. The standard InChI is InChI=1S/C13H14N6/c1-19-9-16-18-13(19)11-4-2-3-5-12(11)14-8-10-6-7-15-17-10/h2-7,9,14H,8H2,1H3,(H,15,17). The van der Waals surface area contributed by atoms with Crippen molar-refractivity contribution >= 4 is 5.69 Å². The van der Waals surface area contributed by atoms with Crippen LogP contribution in [0.5, 0.6) is 0 Å². The van der Waals surface area contributed by atoms with Crippen molar-refractivity contribution in [2.75, 3.05) is 5.32 Å². The first-order valence-electron chi connectivity index (χ1n) is 6.00. The maximum atomic E-state index is 4.14. The van der Waals surface area contributed by atoms with Crippen molar-refractivity contribution in [3.63, 3.8) is 0 Å². The van der Waals surface area contributed by atoms with Gasteiger partial charge in [0.2, 0.25) is 0 Å².